The van der Waals surface area contributed by atoms with Crippen molar-refractivity contribution in [3.05, 3.63) is 42.2 Å². The molecule has 0 saturated carbocycles. The van der Waals surface area contributed by atoms with Crippen LogP contribution in [0, 0.1) is 0 Å². The largest absolute Gasteiger partial charge is 0.438 e. The van der Waals surface area contributed by atoms with E-state index in [2.05, 4.69) is 15.4 Å². The molecule has 5 N–H and O–H groups in total. The fourth-order valence-corrected chi connectivity index (χ4v) is 1.35. The van der Waals surface area contributed by atoms with Crippen molar-refractivity contribution < 1.29 is 9.53 Å². The van der Waals surface area contributed by atoms with Gasteiger partial charge in [0.15, 0.2) is 0 Å². The molecule has 0 bridgehead atoms. The number of anilines is 1. The van der Waals surface area contributed by atoms with E-state index in [1.165, 1.54) is 12.4 Å². The first kappa shape index (κ1) is 11.8. The molecule has 0 aliphatic heterocycles. The van der Waals surface area contributed by atoms with Gasteiger partial charge in [0.1, 0.15) is 17.9 Å². The highest BCUT2D eigenvalue weighted by molar-refractivity contribution is 5.95. The van der Waals surface area contributed by atoms with Crippen LogP contribution in [0.3, 0.4) is 0 Å². The molecule has 0 saturated heterocycles. The highest BCUT2D eigenvalue weighted by atomic mass is 16.5. The number of aromatic nitrogens is 2. The number of nitrogen functional groups attached to an aromatic ring is 1. The van der Waals surface area contributed by atoms with E-state index < -0.39 is 5.91 Å². The van der Waals surface area contributed by atoms with E-state index in [1.807, 2.05) is 0 Å². The van der Waals surface area contributed by atoms with Crippen LogP contribution in [0.25, 0.3) is 0 Å². The smallest absolute Gasteiger partial charge is 0.252 e. The topological polar surface area (TPSA) is 116 Å². The third-order valence-electron chi connectivity index (χ3n) is 2.16. The molecule has 0 atom stereocenters. The van der Waals surface area contributed by atoms with Crippen molar-refractivity contribution in [3.63, 3.8) is 0 Å². The quantitative estimate of drug-likeness (QED) is 0.538. The Kier molecular flexibility index (Phi) is 3.35. The predicted octanol–water partition coefficient (Wildman–Crippen LogP) is 0.653. The number of para-hydroxylation sites is 1. The molecule has 0 spiro atoms. The molecule has 2 rings (SSSR count). The number of carbonyl (C=O) groups is 1. The summed E-state index contributed by atoms with van der Waals surface area (Å²) < 4.78 is 5.47. The van der Waals surface area contributed by atoms with E-state index in [9.17, 15) is 4.79 Å². The van der Waals surface area contributed by atoms with Gasteiger partial charge in [-0.3, -0.25) is 4.79 Å². The standard InChI is InChI=1S/C11H11N5O2/c12-11(17)7-3-1-2-4-8(7)18-10-5-9(16-13)14-6-15-10/h1-6H,13H2,(H2,12,17)(H,14,15,16). The maximum atomic E-state index is 11.2. The van der Waals surface area contributed by atoms with Crippen LogP contribution < -0.4 is 21.7 Å². The summed E-state index contributed by atoms with van der Waals surface area (Å²) in [5, 5.41) is 0. The van der Waals surface area contributed by atoms with Gasteiger partial charge in [-0.15, -0.1) is 0 Å². The van der Waals surface area contributed by atoms with Crippen LogP contribution >= 0.6 is 0 Å². The number of primary amides is 1. The Morgan fingerprint density at radius 3 is 2.78 bits per heavy atom. The lowest BCUT2D eigenvalue weighted by Gasteiger charge is -2.08. The maximum absolute atomic E-state index is 11.2. The molecule has 0 unspecified atom stereocenters. The third kappa shape index (κ3) is 2.53. The van der Waals surface area contributed by atoms with E-state index >= 15 is 0 Å². The molecule has 0 fully saturated rings. The second-order valence-electron chi connectivity index (χ2n) is 3.35. The molecule has 7 heteroatoms. The van der Waals surface area contributed by atoms with E-state index in [0.717, 1.165) is 0 Å². The summed E-state index contributed by atoms with van der Waals surface area (Å²) in [6, 6.07) is 8.11. The van der Waals surface area contributed by atoms with Gasteiger partial charge in [-0.2, -0.15) is 0 Å². The Balaban J connectivity index is 2.31. The average Bonchev–Trinajstić information content (AvgIpc) is 2.39. The zero-order chi connectivity index (χ0) is 13.0. The minimum Gasteiger partial charge on any atom is -0.438 e. The van der Waals surface area contributed by atoms with Crippen LogP contribution in [0.4, 0.5) is 5.82 Å². The zero-order valence-corrected chi connectivity index (χ0v) is 9.33. The van der Waals surface area contributed by atoms with Gasteiger partial charge < -0.3 is 15.9 Å². The van der Waals surface area contributed by atoms with Gasteiger partial charge in [-0.25, -0.2) is 15.8 Å². The molecule has 1 aromatic heterocycles. The maximum Gasteiger partial charge on any atom is 0.252 e. The number of hydrogen-bond acceptors (Lipinski definition) is 6. The lowest BCUT2D eigenvalue weighted by atomic mass is 10.2. The number of nitrogens with two attached hydrogens (primary N) is 2. The first-order valence-corrected chi connectivity index (χ1v) is 5.06. The van der Waals surface area contributed by atoms with Gasteiger partial charge in [0.05, 0.1) is 5.56 Å². The number of nitrogens with zero attached hydrogens (tertiary/aromatic N) is 2. The number of amides is 1. The number of hydrazine groups is 1. The molecular formula is C11H11N5O2. The molecule has 1 aromatic carbocycles. The Hall–Kier alpha value is -2.67. The van der Waals surface area contributed by atoms with Crippen molar-refractivity contribution in [2.75, 3.05) is 5.43 Å². The minimum absolute atomic E-state index is 0.256. The number of ether oxygens (including phenoxy) is 1. The lowest BCUT2D eigenvalue weighted by molar-refractivity contribution is 0.0998. The van der Waals surface area contributed by atoms with Crippen LogP contribution in [-0.2, 0) is 0 Å². The molecule has 1 amide bonds. The van der Waals surface area contributed by atoms with Crippen molar-refractivity contribution in [3.8, 4) is 11.6 Å². The van der Waals surface area contributed by atoms with Gasteiger partial charge >= 0.3 is 0 Å². The number of hydrogen-bond donors (Lipinski definition) is 3. The predicted molar refractivity (Wildman–Crippen MR) is 64.9 cm³/mol. The summed E-state index contributed by atoms with van der Waals surface area (Å²) in [7, 11) is 0. The molecule has 0 aliphatic rings. The fourth-order valence-electron chi connectivity index (χ4n) is 1.35. The van der Waals surface area contributed by atoms with E-state index in [-0.39, 0.29) is 11.4 Å². The summed E-state index contributed by atoms with van der Waals surface area (Å²) in [6.07, 6.45) is 1.29. The van der Waals surface area contributed by atoms with Crippen molar-refractivity contribution >= 4 is 11.7 Å². The van der Waals surface area contributed by atoms with Crippen LogP contribution in [0.15, 0.2) is 36.7 Å². The van der Waals surface area contributed by atoms with Gasteiger partial charge in [-0.1, -0.05) is 12.1 Å². The Labute approximate surface area is 103 Å². The first-order chi connectivity index (χ1) is 8.70. The van der Waals surface area contributed by atoms with Crippen molar-refractivity contribution in [2.45, 2.75) is 0 Å². The molecule has 92 valence electrons. The van der Waals surface area contributed by atoms with Crippen molar-refractivity contribution in [1.82, 2.24) is 9.97 Å². The van der Waals surface area contributed by atoms with E-state index in [1.54, 1.807) is 24.3 Å². The number of carbonyl (C=O) groups excluding carboxylic acids is 1. The highest BCUT2D eigenvalue weighted by Gasteiger charge is 2.10. The van der Waals surface area contributed by atoms with Crippen LogP contribution in [-0.4, -0.2) is 15.9 Å². The van der Waals surface area contributed by atoms with Crippen LogP contribution in [0.1, 0.15) is 10.4 Å². The summed E-state index contributed by atoms with van der Waals surface area (Å²) in [5.41, 5.74) is 7.88. The zero-order valence-electron chi connectivity index (χ0n) is 9.33. The summed E-state index contributed by atoms with van der Waals surface area (Å²) in [5.74, 6) is 5.63. The highest BCUT2D eigenvalue weighted by Crippen LogP contribution is 2.24. The monoisotopic (exact) mass is 245 g/mol. The average molecular weight is 245 g/mol. The van der Waals surface area contributed by atoms with Crippen LogP contribution in [0.5, 0.6) is 11.6 Å². The minimum atomic E-state index is -0.572. The van der Waals surface area contributed by atoms with Gasteiger partial charge in [0, 0.05) is 6.07 Å². The number of benzene rings is 1. The normalized spacial score (nSPS) is 9.83. The summed E-state index contributed by atoms with van der Waals surface area (Å²) >= 11 is 0. The molecule has 2 aromatic rings. The molecule has 7 nitrogen and oxygen atoms in total. The Morgan fingerprint density at radius 1 is 1.28 bits per heavy atom. The number of rotatable bonds is 4. The molecule has 18 heavy (non-hydrogen) atoms. The third-order valence-corrected chi connectivity index (χ3v) is 2.16. The fraction of sp³-hybridized carbons (Fsp3) is 0. The second kappa shape index (κ2) is 5.11. The SMILES string of the molecule is NNc1cc(Oc2ccccc2C(N)=O)ncn1. The molecular weight excluding hydrogens is 234 g/mol. The Bertz CT molecular complexity index is 573. The summed E-state index contributed by atoms with van der Waals surface area (Å²) in [6.45, 7) is 0. The van der Waals surface area contributed by atoms with Crippen molar-refractivity contribution in [1.29, 1.82) is 0 Å². The van der Waals surface area contributed by atoms with E-state index in [4.69, 9.17) is 16.3 Å². The van der Waals surface area contributed by atoms with Gasteiger partial charge in [0.2, 0.25) is 5.88 Å². The summed E-state index contributed by atoms with van der Waals surface area (Å²) in [4.78, 5) is 19.0. The lowest BCUT2D eigenvalue weighted by Crippen LogP contribution is -2.12. The number of nitrogens with one attached hydrogen (secondary N) is 1. The van der Waals surface area contributed by atoms with E-state index in [0.29, 0.717) is 11.6 Å². The molecule has 0 radical (unpaired) electrons. The first-order valence-electron chi connectivity index (χ1n) is 5.06. The van der Waals surface area contributed by atoms with Crippen molar-refractivity contribution in [2.24, 2.45) is 11.6 Å². The molecule has 0 aliphatic carbocycles. The van der Waals surface area contributed by atoms with Crippen LogP contribution in [0.2, 0.25) is 0 Å². The second-order valence-corrected chi connectivity index (χ2v) is 3.35. The molecule has 1 heterocycles. The van der Waals surface area contributed by atoms with Gasteiger partial charge in [-0.05, 0) is 12.1 Å². The Morgan fingerprint density at radius 2 is 2.06 bits per heavy atom. The van der Waals surface area contributed by atoms with Gasteiger partial charge in [0.25, 0.3) is 5.91 Å².